The maximum Gasteiger partial charge on any atom is 0.121 e. The Balaban J connectivity index is 1.47. The average Bonchev–Trinajstić information content (AvgIpc) is 3.43. The molecule has 2 aliphatic heterocycles. The second-order valence-corrected chi connectivity index (χ2v) is 10.2. The van der Waals surface area contributed by atoms with Crippen LogP contribution in [0.4, 0.5) is 5.69 Å². The zero-order valence-corrected chi connectivity index (χ0v) is 20.9. The first kappa shape index (κ1) is 22.9. The normalized spacial score (nSPS) is 20.7. The molecule has 0 amide bonds. The maximum atomic E-state index is 5.88. The number of hydrogen-bond donors (Lipinski definition) is 0. The SMILES string of the molecule is COc1ccc2c(N3CCC4(CCN(C)C4)C3)cc(-c3ccc(OCCN(C)C)cc3)nc2c1. The van der Waals surface area contributed by atoms with Gasteiger partial charge < -0.3 is 24.2 Å². The van der Waals surface area contributed by atoms with Crippen LogP contribution in [0.5, 0.6) is 11.5 Å². The van der Waals surface area contributed by atoms with Crippen LogP contribution in [0.1, 0.15) is 12.8 Å². The number of pyridine rings is 1. The Labute approximate surface area is 203 Å². The van der Waals surface area contributed by atoms with Gasteiger partial charge in [-0.2, -0.15) is 0 Å². The lowest BCUT2D eigenvalue weighted by Gasteiger charge is -2.26. The van der Waals surface area contributed by atoms with Crippen molar-refractivity contribution in [2.75, 3.05) is 72.5 Å². The molecule has 1 unspecified atom stereocenters. The molecule has 5 rings (SSSR count). The molecule has 6 nitrogen and oxygen atoms in total. The van der Waals surface area contributed by atoms with Gasteiger partial charge in [0.25, 0.3) is 0 Å². The molecule has 1 aromatic heterocycles. The van der Waals surface area contributed by atoms with Crippen molar-refractivity contribution in [3.05, 3.63) is 48.5 Å². The summed E-state index contributed by atoms with van der Waals surface area (Å²) in [5.41, 5.74) is 4.76. The topological polar surface area (TPSA) is 41.1 Å². The van der Waals surface area contributed by atoms with E-state index in [-0.39, 0.29) is 0 Å². The maximum absolute atomic E-state index is 5.88. The third-order valence-electron chi connectivity index (χ3n) is 7.36. The first-order chi connectivity index (χ1) is 16.4. The Morgan fingerprint density at radius 2 is 1.74 bits per heavy atom. The van der Waals surface area contributed by atoms with Crippen LogP contribution in [0.3, 0.4) is 0 Å². The molecular weight excluding hydrogens is 424 g/mol. The molecule has 2 aliphatic rings. The number of hydrogen-bond acceptors (Lipinski definition) is 6. The molecule has 2 saturated heterocycles. The van der Waals surface area contributed by atoms with Crippen molar-refractivity contribution in [2.45, 2.75) is 12.8 Å². The van der Waals surface area contributed by atoms with Gasteiger partial charge in [0.15, 0.2) is 0 Å². The average molecular weight is 461 g/mol. The Bertz CT molecular complexity index is 1150. The van der Waals surface area contributed by atoms with Gasteiger partial charge >= 0.3 is 0 Å². The monoisotopic (exact) mass is 460 g/mol. The van der Waals surface area contributed by atoms with Gasteiger partial charge in [-0.05, 0) is 83.0 Å². The Kier molecular flexibility index (Phi) is 6.36. The minimum Gasteiger partial charge on any atom is -0.497 e. The van der Waals surface area contributed by atoms with Crippen molar-refractivity contribution >= 4 is 16.6 Å². The van der Waals surface area contributed by atoms with Gasteiger partial charge in [0.1, 0.15) is 18.1 Å². The van der Waals surface area contributed by atoms with Crippen molar-refractivity contribution in [2.24, 2.45) is 5.41 Å². The van der Waals surface area contributed by atoms with Crippen LogP contribution in [0.2, 0.25) is 0 Å². The number of fused-ring (bicyclic) bond motifs is 1. The quantitative estimate of drug-likeness (QED) is 0.521. The van der Waals surface area contributed by atoms with Gasteiger partial charge in [-0.3, -0.25) is 0 Å². The first-order valence-corrected chi connectivity index (χ1v) is 12.2. The van der Waals surface area contributed by atoms with E-state index in [1.54, 1.807) is 7.11 Å². The molecule has 1 atom stereocenters. The van der Waals surface area contributed by atoms with Crippen LogP contribution in [-0.2, 0) is 0 Å². The standard InChI is InChI=1S/C28H36N4O2/c1-30(2)15-16-34-22-7-5-21(6-8-22)25-18-27(24-10-9-23(33-4)17-26(24)29-25)32-14-12-28(20-32)11-13-31(3)19-28/h5-10,17-18H,11-16,19-20H2,1-4H3. The largest absolute Gasteiger partial charge is 0.497 e. The Hall–Kier alpha value is -2.83. The Morgan fingerprint density at radius 3 is 2.44 bits per heavy atom. The fourth-order valence-electron chi connectivity index (χ4n) is 5.43. The molecule has 3 aromatic rings. The summed E-state index contributed by atoms with van der Waals surface area (Å²) < 4.78 is 11.4. The molecule has 1 spiro atoms. The lowest BCUT2D eigenvalue weighted by atomic mass is 9.86. The van der Waals surface area contributed by atoms with E-state index in [0.29, 0.717) is 12.0 Å². The predicted molar refractivity (Wildman–Crippen MR) is 139 cm³/mol. The lowest BCUT2D eigenvalue weighted by molar-refractivity contribution is 0.261. The van der Waals surface area contributed by atoms with Crippen LogP contribution < -0.4 is 14.4 Å². The highest BCUT2D eigenvalue weighted by molar-refractivity contribution is 5.95. The first-order valence-electron chi connectivity index (χ1n) is 12.2. The van der Waals surface area contributed by atoms with Crippen LogP contribution in [0, 0.1) is 5.41 Å². The summed E-state index contributed by atoms with van der Waals surface area (Å²) in [7, 11) is 8.06. The molecule has 0 N–H and O–H groups in total. The van der Waals surface area contributed by atoms with Gasteiger partial charge in [-0.15, -0.1) is 0 Å². The van der Waals surface area contributed by atoms with E-state index in [1.807, 2.05) is 18.2 Å². The highest BCUT2D eigenvalue weighted by Crippen LogP contribution is 2.43. The summed E-state index contributed by atoms with van der Waals surface area (Å²) in [6.07, 6.45) is 2.55. The van der Waals surface area contributed by atoms with E-state index in [1.165, 1.54) is 37.0 Å². The van der Waals surface area contributed by atoms with Crippen molar-refractivity contribution in [3.63, 3.8) is 0 Å². The molecule has 0 saturated carbocycles. The molecule has 6 heteroatoms. The number of aromatic nitrogens is 1. The highest BCUT2D eigenvalue weighted by atomic mass is 16.5. The van der Waals surface area contributed by atoms with Gasteiger partial charge in [0, 0.05) is 54.3 Å². The highest BCUT2D eigenvalue weighted by Gasteiger charge is 2.42. The summed E-state index contributed by atoms with van der Waals surface area (Å²) in [6, 6.07) is 16.8. The van der Waals surface area contributed by atoms with E-state index in [9.17, 15) is 0 Å². The zero-order valence-electron chi connectivity index (χ0n) is 20.9. The van der Waals surface area contributed by atoms with Crippen molar-refractivity contribution < 1.29 is 9.47 Å². The van der Waals surface area contributed by atoms with Gasteiger partial charge in [-0.1, -0.05) is 0 Å². The van der Waals surface area contributed by atoms with Crippen molar-refractivity contribution in [1.29, 1.82) is 0 Å². The van der Waals surface area contributed by atoms with E-state index in [2.05, 4.69) is 66.2 Å². The summed E-state index contributed by atoms with van der Waals surface area (Å²) in [4.78, 5) is 12.2. The van der Waals surface area contributed by atoms with E-state index >= 15 is 0 Å². The summed E-state index contributed by atoms with van der Waals surface area (Å²) >= 11 is 0. The molecule has 0 aliphatic carbocycles. The molecule has 180 valence electrons. The van der Waals surface area contributed by atoms with Gasteiger partial charge in [0.2, 0.25) is 0 Å². The summed E-state index contributed by atoms with van der Waals surface area (Å²) in [5.74, 6) is 1.73. The second kappa shape index (κ2) is 9.43. The number of rotatable bonds is 7. The van der Waals surface area contributed by atoms with Crippen LogP contribution >= 0.6 is 0 Å². The summed E-state index contributed by atoms with van der Waals surface area (Å²) in [6.45, 7) is 6.18. The van der Waals surface area contributed by atoms with Crippen LogP contribution in [0.25, 0.3) is 22.2 Å². The van der Waals surface area contributed by atoms with Crippen molar-refractivity contribution in [1.82, 2.24) is 14.8 Å². The van der Waals surface area contributed by atoms with Crippen molar-refractivity contribution in [3.8, 4) is 22.8 Å². The Morgan fingerprint density at radius 1 is 0.971 bits per heavy atom. The molecule has 0 radical (unpaired) electrons. The fraction of sp³-hybridized carbons (Fsp3) is 0.464. The number of nitrogens with zero attached hydrogens (tertiary/aromatic N) is 4. The molecule has 2 aromatic carbocycles. The number of anilines is 1. The number of likely N-dealkylation sites (tertiary alicyclic amines) is 1. The molecule has 0 bridgehead atoms. The third kappa shape index (κ3) is 4.70. The summed E-state index contributed by atoms with van der Waals surface area (Å²) in [5, 5.41) is 1.19. The number of likely N-dealkylation sites (N-methyl/N-ethyl adjacent to an activating group) is 1. The smallest absolute Gasteiger partial charge is 0.121 e. The van der Waals surface area contributed by atoms with Crippen LogP contribution in [0.15, 0.2) is 48.5 Å². The van der Waals surface area contributed by atoms with E-state index in [0.717, 1.165) is 47.9 Å². The van der Waals surface area contributed by atoms with E-state index in [4.69, 9.17) is 14.5 Å². The predicted octanol–water partition coefficient (Wildman–Crippen LogP) is 4.38. The van der Waals surface area contributed by atoms with Gasteiger partial charge in [-0.25, -0.2) is 4.98 Å². The number of methoxy groups -OCH3 is 1. The molecule has 2 fully saturated rings. The number of benzene rings is 2. The van der Waals surface area contributed by atoms with Gasteiger partial charge in [0.05, 0.1) is 18.3 Å². The molecular formula is C28H36N4O2. The number of ether oxygens (including phenoxy) is 2. The van der Waals surface area contributed by atoms with Crippen LogP contribution in [-0.4, -0.2) is 82.4 Å². The molecule has 3 heterocycles. The lowest BCUT2D eigenvalue weighted by Crippen LogP contribution is -2.29. The second-order valence-electron chi connectivity index (χ2n) is 10.2. The molecule has 34 heavy (non-hydrogen) atoms. The minimum atomic E-state index is 0.419. The fourth-order valence-corrected chi connectivity index (χ4v) is 5.43. The minimum absolute atomic E-state index is 0.419. The van der Waals surface area contributed by atoms with E-state index < -0.39 is 0 Å². The zero-order chi connectivity index (χ0) is 23.7. The third-order valence-corrected chi connectivity index (χ3v) is 7.36.